The molecule has 49 heavy (non-hydrogen) atoms. The molecule has 2 aliphatic rings. The highest BCUT2D eigenvalue weighted by Gasteiger charge is 2.47. The first-order valence-electron chi connectivity index (χ1n) is 16.6. The second-order valence-corrected chi connectivity index (χ2v) is 20.8. The third-order valence-corrected chi connectivity index (χ3v) is 14.0. The molecule has 2 aliphatic heterocycles. The molecular weight excluding hydrogens is 660 g/mol. The van der Waals surface area contributed by atoms with E-state index in [1.54, 1.807) is 35.5 Å². The van der Waals surface area contributed by atoms with Crippen molar-refractivity contribution in [1.29, 1.82) is 5.26 Å². The monoisotopic (exact) mass is 706 g/mol. The van der Waals surface area contributed by atoms with Crippen LogP contribution < -0.4 is 15.0 Å². The molecule has 2 aromatic heterocycles. The van der Waals surface area contributed by atoms with Crippen LogP contribution in [0.2, 0.25) is 23.2 Å². The van der Waals surface area contributed by atoms with Crippen LogP contribution in [0.5, 0.6) is 5.88 Å². The first-order valence-corrected chi connectivity index (χ1v) is 19.9. The van der Waals surface area contributed by atoms with E-state index in [1.807, 2.05) is 26.8 Å². The van der Waals surface area contributed by atoms with Crippen molar-refractivity contribution < 1.29 is 23.4 Å². The highest BCUT2D eigenvalue weighted by atomic mass is 35.5. The van der Waals surface area contributed by atoms with Crippen LogP contribution in [0.15, 0.2) is 36.7 Å². The van der Waals surface area contributed by atoms with E-state index in [4.69, 9.17) is 35.2 Å². The minimum atomic E-state index is -2.16. The molecule has 0 aliphatic carbocycles. The van der Waals surface area contributed by atoms with E-state index in [9.17, 15) is 10.1 Å². The molecule has 0 bridgehead atoms. The Balaban J connectivity index is 1.52. The highest BCUT2D eigenvalue weighted by molar-refractivity contribution is 6.74. The summed E-state index contributed by atoms with van der Waals surface area (Å²) >= 11 is 6.32. The smallest absolute Gasteiger partial charge is 0.414 e. The highest BCUT2D eigenvalue weighted by Crippen LogP contribution is 2.47. The van der Waals surface area contributed by atoms with Gasteiger partial charge in [0.1, 0.15) is 23.5 Å². The molecule has 0 spiro atoms. The maximum Gasteiger partial charge on any atom is 0.414 e. The lowest BCUT2D eigenvalue weighted by Crippen LogP contribution is -2.46. The molecule has 1 saturated heterocycles. The Bertz CT molecular complexity index is 1750. The Morgan fingerprint density at radius 2 is 1.88 bits per heavy atom. The number of benzene rings is 1. The quantitative estimate of drug-likeness (QED) is 0.228. The number of carbonyl (C=O) groups is 1. The fourth-order valence-electron chi connectivity index (χ4n) is 5.55. The predicted molar refractivity (Wildman–Crippen MR) is 193 cm³/mol. The number of anilines is 3. The molecule has 3 aromatic rings. The first kappa shape index (κ1) is 36.5. The number of nitriles is 1. The molecule has 1 N–H and O–H groups in total. The molecule has 0 radical (unpaired) electrons. The third kappa shape index (κ3) is 8.35. The van der Waals surface area contributed by atoms with Crippen LogP contribution in [0.3, 0.4) is 0 Å². The van der Waals surface area contributed by atoms with Crippen molar-refractivity contribution in [2.75, 3.05) is 36.6 Å². The van der Waals surface area contributed by atoms with E-state index in [1.165, 1.54) is 0 Å². The zero-order chi connectivity index (χ0) is 35.8. The number of ether oxygens (including phenoxy) is 3. The van der Waals surface area contributed by atoms with Gasteiger partial charge < -0.3 is 24.0 Å². The number of hydrogen-bond acceptors (Lipinski definition) is 10. The SMILES string of the molecule is CC(C)(C)OC(=O)N1C[C@](C)(CO[Si](C)(C)C(C)(C)C)c2cc(-c3ccnc(Nc4cc(Cl)cnc4OC4CCOCC4)n3)cc(C#N)c21. The lowest BCUT2D eigenvalue weighted by atomic mass is 9.83. The predicted octanol–water partition coefficient (Wildman–Crippen LogP) is 8.40. The topological polar surface area (TPSA) is 132 Å². The van der Waals surface area contributed by atoms with E-state index >= 15 is 0 Å². The molecule has 1 atom stereocenters. The van der Waals surface area contributed by atoms with E-state index in [0.29, 0.717) is 71.4 Å². The number of hydrogen-bond donors (Lipinski definition) is 1. The lowest BCUT2D eigenvalue weighted by Gasteiger charge is -2.39. The van der Waals surface area contributed by atoms with Crippen LogP contribution in [0.1, 0.15) is 72.4 Å². The van der Waals surface area contributed by atoms with Crippen LogP contribution in [0.4, 0.5) is 22.1 Å². The Labute approximate surface area is 295 Å². The van der Waals surface area contributed by atoms with E-state index in [0.717, 1.165) is 18.4 Å². The molecule has 262 valence electrons. The lowest BCUT2D eigenvalue weighted by molar-refractivity contribution is 0.0240. The Morgan fingerprint density at radius 3 is 2.53 bits per heavy atom. The molecule has 11 nitrogen and oxygen atoms in total. The summed E-state index contributed by atoms with van der Waals surface area (Å²) in [6, 6.07) is 9.60. The van der Waals surface area contributed by atoms with Gasteiger partial charge in [0.05, 0.1) is 35.2 Å². The Morgan fingerprint density at radius 1 is 1.16 bits per heavy atom. The summed E-state index contributed by atoms with van der Waals surface area (Å²) in [5.41, 5.74) is 2.19. The van der Waals surface area contributed by atoms with Crippen molar-refractivity contribution in [3.8, 4) is 23.2 Å². The van der Waals surface area contributed by atoms with Gasteiger partial charge in [0.25, 0.3) is 0 Å². The number of fused-ring (bicyclic) bond motifs is 1. The molecular formula is C36H47ClN6O5Si. The molecule has 0 unspecified atom stereocenters. The van der Waals surface area contributed by atoms with Crippen molar-refractivity contribution in [3.63, 3.8) is 0 Å². The summed E-state index contributed by atoms with van der Waals surface area (Å²) in [5.74, 6) is 0.700. The van der Waals surface area contributed by atoms with Crippen LogP contribution in [0, 0.1) is 11.3 Å². The summed E-state index contributed by atoms with van der Waals surface area (Å²) in [6.45, 7) is 20.5. The summed E-state index contributed by atoms with van der Waals surface area (Å²) in [7, 11) is -2.16. The number of rotatable bonds is 8. The van der Waals surface area contributed by atoms with E-state index in [-0.39, 0.29) is 11.1 Å². The van der Waals surface area contributed by atoms with Crippen molar-refractivity contribution >= 4 is 43.3 Å². The van der Waals surface area contributed by atoms with Crippen LogP contribution in [0.25, 0.3) is 11.3 Å². The van der Waals surface area contributed by atoms with Gasteiger partial charge in [-0.25, -0.2) is 19.7 Å². The fourth-order valence-corrected chi connectivity index (χ4v) is 6.82. The number of carbonyl (C=O) groups excluding carboxylic acids is 1. The van der Waals surface area contributed by atoms with Gasteiger partial charge in [0.15, 0.2) is 8.32 Å². The second-order valence-electron chi connectivity index (χ2n) is 15.5. The zero-order valence-corrected chi connectivity index (χ0v) is 31.7. The minimum Gasteiger partial charge on any atom is -0.473 e. The van der Waals surface area contributed by atoms with Gasteiger partial charge in [-0.2, -0.15) is 5.26 Å². The molecule has 1 fully saturated rings. The molecule has 0 saturated carbocycles. The maximum absolute atomic E-state index is 13.6. The Hall–Kier alpha value is -3.76. The number of nitrogens with one attached hydrogen (secondary N) is 1. The fraction of sp³-hybridized carbons (Fsp3) is 0.528. The van der Waals surface area contributed by atoms with Gasteiger partial charge >= 0.3 is 6.09 Å². The van der Waals surface area contributed by atoms with Crippen LogP contribution >= 0.6 is 11.6 Å². The molecule has 13 heteroatoms. The van der Waals surface area contributed by atoms with Gasteiger partial charge in [-0.05, 0) is 68.7 Å². The number of amides is 1. The summed E-state index contributed by atoms with van der Waals surface area (Å²) in [5, 5.41) is 14.1. The molecule has 4 heterocycles. The average molecular weight is 707 g/mol. The molecule has 5 rings (SSSR count). The van der Waals surface area contributed by atoms with Gasteiger partial charge in [-0.3, -0.25) is 4.90 Å². The number of aromatic nitrogens is 3. The van der Waals surface area contributed by atoms with E-state index in [2.05, 4.69) is 62.1 Å². The molecule has 1 aromatic carbocycles. The van der Waals surface area contributed by atoms with E-state index < -0.39 is 25.4 Å². The van der Waals surface area contributed by atoms with Crippen molar-refractivity contribution in [2.24, 2.45) is 0 Å². The second kappa shape index (κ2) is 13.9. The minimum absolute atomic E-state index is 0.00606. The summed E-state index contributed by atoms with van der Waals surface area (Å²) < 4.78 is 24.2. The van der Waals surface area contributed by atoms with Crippen molar-refractivity contribution in [1.82, 2.24) is 15.0 Å². The zero-order valence-electron chi connectivity index (χ0n) is 29.9. The molecule has 1 amide bonds. The number of nitrogens with zero attached hydrogens (tertiary/aromatic N) is 5. The number of pyridine rings is 1. The van der Waals surface area contributed by atoms with Crippen LogP contribution in [-0.2, 0) is 19.3 Å². The third-order valence-electron chi connectivity index (χ3n) is 9.29. The largest absolute Gasteiger partial charge is 0.473 e. The maximum atomic E-state index is 13.6. The number of halogens is 1. The van der Waals surface area contributed by atoms with Gasteiger partial charge in [-0.15, -0.1) is 0 Å². The first-order chi connectivity index (χ1) is 22.9. The normalized spacial score (nSPS) is 18.5. The van der Waals surface area contributed by atoms with Crippen molar-refractivity contribution in [2.45, 2.75) is 96.6 Å². The van der Waals surface area contributed by atoms with Crippen LogP contribution in [-0.4, -0.2) is 67.4 Å². The summed E-state index contributed by atoms with van der Waals surface area (Å²) in [4.78, 5) is 28.9. The average Bonchev–Trinajstić information content (AvgIpc) is 3.33. The standard InChI is InChI=1S/C36H47ClN6O5Si/c1-34(2,3)48-33(44)43-21-36(7,22-46-49(8,9)35(4,5)6)27-17-23(16-24(19-38)30(27)43)28-10-13-39-32(41-28)42-29-18-25(37)20-40-31(29)47-26-11-14-45-15-12-26/h10,13,16-18,20,26H,11-12,14-15,21-22H2,1-9H3,(H,39,41,42)/t36-/m1/s1. The van der Waals surface area contributed by atoms with Crippen molar-refractivity contribution in [3.05, 3.63) is 52.8 Å². The van der Waals surface area contributed by atoms with Gasteiger partial charge in [-0.1, -0.05) is 39.3 Å². The Kier molecular flexibility index (Phi) is 10.3. The van der Waals surface area contributed by atoms with Gasteiger partial charge in [0.2, 0.25) is 11.8 Å². The van der Waals surface area contributed by atoms with Gasteiger partial charge in [0, 0.05) is 49.4 Å². The summed E-state index contributed by atoms with van der Waals surface area (Å²) in [6.07, 6.45) is 4.19.